The van der Waals surface area contributed by atoms with E-state index in [4.69, 9.17) is 0 Å². The lowest BCUT2D eigenvalue weighted by Crippen LogP contribution is -2.52. The molecule has 0 spiro atoms. The number of benzene rings is 1. The largest absolute Gasteiger partial charge is 0.343 e. The second kappa shape index (κ2) is 9.48. The molecule has 0 fully saturated rings. The molecule has 2 aromatic rings. The number of carbonyl (C=O) groups is 2. The van der Waals surface area contributed by atoms with E-state index in [2.05, 4.69) is 15.6 Å². The molecule has 0 unspecified atom stereocenters. The number of para-hydroxylation sites is 1. The van der Waals surface area contributed by atoms with Crippen LogP contribution in [0.2, 0.25) is 0 Å². The number of halogens is 1. The third-order valence-electron chi connectivity index (χ3n) is 4.74. The molecule has 3 rings (SSSR count). The van der Waals surface area contributed by atoms with E-state index in [0.29, 0.717) is 13.0 Å². The molecule has 0 saturated carbocycles. The smallest absolute Gasteiger partial charge is 0.249 e. The van der Waals surface area contributed by atoms with E-state index in [1.807, 2.05) is 42.5 Å². The van der Waals surface area contributed by atoms with Crippen LogP contribution in [0.15, 0.2) is 48.7 Å². The van der Waals surface area contributed by atoms with Crippen molar-refractivity contribution < 1.29 is 9.59 Å². The first-order valence-electron chi connectivity index (χ1n) is 8.87. The molecule has 1 aliphatic heterocycles. The van der Waals surface area contributed by atoms with E-state index in [1.165, 1.54) is 0 Å². The van der Waals surface area contributed by atoms with Gasteiger partial charge in [-0.3, -0.25) is 14.6 Å². The number of pyridine rings is 1. The Morgan fingerprint density at radius 3 is 2.70 bits per heavy atom. The summed E-state index contributed by atoms with van der Waals surface area (Å²) >= 11 is 0. The van der Waals surface area contributed by atoms with Gasteiger partial charge in [0.15, 0.2) is 0 Å². The predicted octanol–water partition coefficient (Wildman–Crippen LogP) is 2.08. The van der Waals surface area contributed by atoms with E-state index >= 15 is 0 Å². The lowest BCUT2D eigenvalue weighted by atomic mass is 10.1. The van der Waals surface area contributed by atoms with Gasteiger partial charge in [-0.1, -0.05) is 24.3 Å². The number of amides is 2. The molecule has 0 radical (unpaired) electrons. The van der Waals surface area contributed by atoms with Gasteiger partial charge in [0.05, 0.1) is 18.3 Å². The lowest BCUT2D eigenvalue weighted by molar-refractivity contribution is -0.128. The van der Waals surface area contributed by atoms with Crippen molar-refractivity contribution in [1.29, 1.82) is 0 Å². The average Bonchev–Trinajstić information content (AvgIpc) is 2.80. The maximum atomic E-state index is 13.2. The Balaban J connectivity index is 0.00000261. The first-order valence-corrected chi connectivity index (χ1v) is 8.87. The quantitative estimate of drug-likeness (QED) is 0.822. The zero-order chi connectivity index (χ0) is 18.5. The minimum absolute atomic E-state index is 0. The van der Waals surface area contributed by atoms with Crippen LogP contribution in [0.4, 0.5) is 5.69 Å². The zero-order valence-electron chi connectivity index (χ0n) is 15.5. The number of anilines is 1. The van der Waals surface area contributed by atoms with Gasteiger partial charge >= 0.3 is 0 Å². The summed E-state index contributed by atoms with van der Waals surface area (Å²) in [6.45, 7) is 2.15. The Hall–Kier alpha value is -2.44. The van der Waals surface area contributed by atoms with Gasteiger partial charge in [0, 0.05) is 11.9 Å². The van der Waals surface area contributed by atoms with Crippen molar-refractivity contribution in [3.8, 4) is 0 Å². The van der Waals surface area contributed by atoms with Crippen LogP contribution in [-0.4, -0.2) is 35.9 Å². The van der Waals surface area contributed by atoms with E-state index < -0.39 is 6.04 Å². The zero-order valence-corrected chi connectivity index (χ0v) is 16.3. The molecule has 144 valence electrons. The topological polar surface area (TPSA) is 74.3 Å². The monoisotopic (exact) mass is 388 g/mol. The van der Waals surface area contributed by atoms with Gasteiger partial charge in [-0.15, -0.1) is 12.4 Å². The van der Waals surface area contributed by atoms with Gasteiger partial charge in [-0.2, -0.15) is 0 Å². The molecule has 2 atom stereocenters. The van der Waals surface area contributed by atoms with E-state index in [-0.39, 0.29) is 30.3 Å². The Bertz CT molecular complexity index is 785. The Morgan fingerprint density at radius 2 is 2.00 bits per heavy atom. The highest BCUT2D eigenvalue weighted by molar-refractivity contribution is 6.00. The molecule has 1 aromatic carbocycles. The molecule has 27 heavy (non-hydrogen) atoms. The van der Waals surface area contributed by atoms with Crippen molar-refractivity contribution >= 4 is 29.9 Å². The van der Waals surface area contributed by atoms with Crippen molar-refractivity contribution in [1.82, 2.24) is 15.6 Å². The van der Waals surface area contributed by atoms with Gasteiger partial charge < -0.3 is 15.5 Å². The summed E-state index contributed by atoms with van der Waals surface area (Å²) in [7, 11) is 1.72. The number of likely N-dealkylation sites (N-methyl/N-ethyl adjacent to an activating group) is 1. The third kappa shape index (κ3) is 4.84. The molecule has 6 nitrogen and oxygen atoms in total. The van der Waals surface area contributed by atoms with Crippen LogP contribution in [0.1, 0.15) is 24.6 Å². The first kappa shape index (κ1) is 20.9. The van der Waals surface area contributed by atoms with E-state index in [9.17, 15) is 9.59 Å². The molecular weight excluding hydrogens is 364 g/mol. The molecule has 0 bridgehead atoms. The Kier molecular flexibility index (Phi) is 7.33. The number of aromatic nitrogens is 1. The number of aryl methyl sites for hydroxylation is 1. The van der Waals surface area contributed by atoms with Crippen molar-refractivity contribution in [3.05, 3.63) is 59.9 Å². The number of fused-ring (bicyclic) bond motifs is 1. The van der Waals surface area contributed by atoms with Crippen molar-refractivity contribution in [2.45, 2.75) is 38.4 Å². The van der Waals surface area contributed by atoms with E-state index in [0.717, 1.165) is 23.4 Å². The Morgan fingerprint density at radius 1 is 1.26 bits per heavy atom. The number of hydrogen-bond acceptors (Lipinski definition) is 4. The lowest BCUT2D eigenvalue weighted by Gasteiger charge is -2.26. The van der Waals surface area contributed by atoms with Gasteiger partial charge in [0.2, 0.25) is 11.8 Å². The van der Waals surface area contributed by atoms with E-state index in [1.54, 1.807) is 25.1 Å². The highest BCUT2D eigenvalue weighted by Gasteiger charge is 2.32. The molecule has 0 aliphatic carbocycles. The summed E-state index contributed by atoms with van der Waals surface area (Å²) in [6.07, 6.45) is 3.04. The van der Waals surface area contributed by atoms with Crippen LogP contribution in [0.25, 0.3) is 0 Å². The van der Waals surface area contributed by atoms with Gasteiger partial charge in [0.25, 0.3) is 0 Å². The fraction of sp³-hybridized carbons (Fsp3) is 0.350. The molecule has 2 N–H and O–H groups in total. The summed E-state index contributed by atoms with van der Waals surface area (Å²) in [6, 6.07) is 12.7. The maximum Gasteiger partial charge on any atom is 0.249 e. The number of nitrogens with zero attached hydrogens (tertiary/aromatic N) is 2. The summed E-state index contributed by atoms with van der Waals surface area (Å²) in [5.41, 5.74) is 2.81. The highest BCUT2D eigenvalue weighted by atomic mass is 35.5. The number of carbonyl (C=O) groups excluding carboxylic acids is 2. The minimum Gasteiger partial charge on any atom is -0.343 e. The second-order valence-electron chi connectivity index (χ2n) is 6.48. The summed E-state index contributed by atoms with van der Waals surface area (Å²) < 4.78 is 0. The second-order valence-corrected chi connectivity index (χ2v) is 6.48. The van der Waals surface area contributed by atoms with Crippen LogP contribution in [0, 0.1) is 0 Å². The molecule has 2 amide bonds. The van der Waals surface area contributed by atoms with Crippen LogP contribution in [-0.2, 0) is 22.6 Å². The highest BCUT2D eigenvalue weighted by Crippen LogP contribution is 2.28. The molecule has 0 saturated heterocycles. The Labute approximate surface area is 165 Å². The molecule has 1 aliphatic rings. The van der Waals surface area contributed by atoms with Crippen molar-refractivity contribution in [2.24, 2.45) is 0 Å². The SMILES string of the molecule is CN[C@@H](C)C(=O)N[C@H]1CCc2ccccc2N(Cc2ccccn2)C1=O.Cl. The standard InChI is InChI=1S/C20H24N4O2.ClH/c1-14(21-2)19(25)23-17-11-10-15-7-3-4-9-18(15)24(20(17)26)13-16-8-5-6-12-22-16;/h3-9,12,14,17,21H,10-11,13H2,1-2H3,(H,23,25);1H/t14-,17-;/m0./s1. The minimum atomic E-state index is -0.547. The van der Waals surface area contributed by atoms with Crippen molar-refractivity contribution in [3.63, 3.8) is 0 Å². The molecule has 1 aromatic heterocycles. The summed E-state index contributed by atoms with van der Waals surface area (Å²) in [4.78, 5) is 31.6. The van der Waals surface area contributed by atoms with Crippen LogP contribution >= 0.6 is 12.4 Å². The molecular formula is C20H25ClN4O2. The fourth-order valence-electron chi connectivity index (χ4n) is 3.09. The summed E-state index contributed by atoms with van der Waals surface area (Å²) in [5.74, 6) is -0.271. The van der Waals surface area contributed by atoms with Gasteiger partial charge in [-0.05, 0) is 50.6 Å². The van der Waals surface area contributed by atoms with Crippen LogP contribution in [0.5, 0.6) is 0 Å². The van der Waals surface area contributed by atoms with Crippen LogP contribution in [0.3, 0.4) is 0 Å². The van der Waals surface area contributed by atoms with Gasteiger partial charge in [-0.25, -0.2) is 0 Å². The molecule has 2 heterocycles. The van der Waals surface area contributed by atoms with Gasteiger partial charge in [0.1, 0.15) is 6.04 Å². The third-order valence-corrected chi connectivity index (χ3v) is 4.74. The fourth-order valence-corrected chi connectivity index (χ4v) is 3.09. The number of nitrogens with one attached hydrogen (secondary N) is 2. The number of hydrogen-bond donors (Lipinski definition) is 2. The number of rotatable bonds is 5. The summed E-state index contributed by atoms with van der Waals surface area (Å²) in [5, 5.41) is 5.80. The average molecular weight is 389 g/mol. The maximum absolute atomic E-state index is 13.2. The first-order chi connectivity index (χ1) is 12.6. The van der Waals surface area contributed by atoms with Crippen LogP contribution < -0.4 is 15.5 Å². The van der Waals surface area contributed by atoms with Crippen molar-refractivity contribution in [2.75, 3.05) is 11.9 Å². The molecule has 7 heteroatoms. The normalized spacial score (nSPS) is 17.3. The predicted molar refractivity (Wildman–Crippen MR) is 108 cm³/mol.